The van der Waals surface area contributed by atoms with Gasteiger partial charge in [0.15, 0.2) is 0 Å². The van der Waals surface area contributed by atoms with E-state index in [1.807, 2.05) is 0 Å². The molecule has 1 saturated heterocycles. The van der Waals surface area contributed by atoms with Crippen molar-refractivity contribution < 1.29 is 18.0 Å². The first-order chi connectivity index (χ1) is 11.7. The lowest BCUT2D eigenvalue weighted by Gasteiger charge is -2.31. The third-order valence-corrected chi connectivity index (χ3v) is 5.02. The molecule has 0 atom stereocenters. The summed E-state index contributed by atoms with van der Waals surface area (Å²) in [6.07, 6.45) is -3.98. The molecule has 0 aliphatic carbocycles. The standard InChI is InChI=1S/C13H15F3N6O2S/c1-7-9(25-19-17-7)10(23)21-5-3-8(4-6-21)22-12(24)20(2)11(18-22)13(14,15)16/h8H,3-6H2,1-2H3. The van der Waals surface area contributed by atoms with Crippen LogP contribution in [-0.2, 0) is 13.2 Å². The molecule has 1 aliphatic rings. The largest absolute Gasteiger partial charge is 0.451 e. The summed E-state index contributed by atoms with van der Waals surface area (Å²) in [5, 5.41) is 7.26. The third kappa shape index (κ3) is 3.17. The monoisotopic (exact) mass is 376 g/mol. The van der Waals surface area contributed by atoms with E-state index in [9.17, 15) is 22.8 Å². The SMILES string of the molecule is Cc1nnsc1C(=O)N1CCC(n2nc(C(F)(F)F)n(C)c2=O)CC1. The Bertz CT molecular complexity index is 847. The van der Waals surface area contributed by atoms with Gasteiger partial charge in [0, 0.05) is 20.1 Å². The highest BCUT2D eigenvalue weighted by Gasteiger charge is 2.39. The van der Waals surface area contributed by atoms with Crippen LogP contribution in [0.25, 0.3) is 0 Å². The Labute approximate surface area is 144 Å². The summed E-state index contributed by atoms with van der Waals surface area (Å²) in [6, 6.07) is -0.473. The Hall–Kier alpha value is -2.24. The van der Waals surface area contributed by atoms with Crippen molar-refractivity contribution >= 4 is 17.4 Å². The number of piperidine rings is 1. The average Bonchev–Trinajstić information content (AvgIpc) is 3.11. The second kappa shape index (κ2) is 6.24. The molecule has 8 nitrogen and oxygen atoms in total. The maximum Gasteiger partial charge on any atom is 0.451 e. The van der Waals surface area contributed by atoms with E-state index >= 15 is 0 Å². The normalized spacial score (nSPS) is 16.4. The number of amides is 1. The van der Waals surface area contributed by atoms with Gasteiger partial charge in [0.05, 0.1) is 11.7 Å². The maximum absolute atomic E-state index is 12.9. The van der Waals surface area contributed by atoms with Gasteiger partial charge in [-0.15, -0.1) is 10.2 Å². The molecule has 0 bridgehead atoms. The molecule has 0 unspecified atom stereocenters. The molecular formula is C13H15F3N6O2S. The van der Waals surface area contributed by atoms with Gasteiger partial charge in [0.25, 0.3) is 5.91 Å². The number of hydrogen-bond acceptors (Lipinski definition) is 6. The van der Waals surface area contributed by atoms with E-state index in [1.165, 1.54) is 0 Å². The topological polar surface area (TPSA) is 85.9 Å². The van der Waals surface area contributed by atoms with Gasteiger partial charge in [-0.3, -0.25) is 9.36 Å². The smallest absolute Gasteiger partial charge is 0.338 e. The summed E-state index contributed by atoms with van der Waals surface area (Å²) in [4.78, 5) is 26.5. The number of aromatic nitrogens is 5. The zero-order chi connectivity index (χ0) is 18.4. The Balaban J connectivity index is 1.74. The van der Waals surface area contributed by atoms with Crippen molar-refractivity contribution in [3.05, 3.63) is 26.9 Å². The fourth-order valence-electron chi connectivity index (χ4n) is 2.83. The number of carbonyl (C=O) groups excluding carboxylic acids is 1. The number of alkyl halides is 3. The first kappa shape index (κ1) is 17.6. The van der Waals surface area contributed by atoms with Gasteiger partial charge in [-0.1, -0.05) is 4.49 Å². The lowest BCUT2D eigenvalue weighted by atomic mass is 10.1. The van der Waals surface area contributed by atoms with Gasteiger partial charge < -0.3 is 4.90 Å². The second-order valence-corrected chi connectivity index (χ2v) is 6.57. The van der Waals surface area contributed by atoms with Crippen LogP contribution in [0.2, 0.25) is 0 Å². The number of carbonyl (C=O) groups is 1. The van der Waals surface area contributed by atoms with Crippen molar-refractivity contribution in [2.75, 3.05) is 13.1 Å². The van der Waals surface area contributed by atoms with Crippen molar-refractivity contribution in [2.45, 2.75) is 32.0 Å². The lowest BCUT2D eigenvalue weighted by Crippen LogP contribution is -2.41. The van der Waals surface area contributed by atoms with E-state index in [1.54, 1.807) is 11.8 Å². The molecule has 12 heteroatoms. The fraction of sp³-hybridized carbons (Fsp3) is 0.615. The summed E-state index contributed by atoms with van der Waals surface area (Å²) in [6.45, 7) is 2.34. The minimum atomic E-state index is -4.69. The van der Waals surface area contributed by atoms with E-state index in [0.29, 0.717) is 41.1 Å². The molecule has 2 aromatic heterocycles. The van der Waals surface area contributed by atoms with Crippen molar-refractivity contribution in [3.8, 4) is 0 Å². The fourth-order valence-corrected chi connectivity index (χ4v) is 3.45. The van der Waals surface area contributed by atoms with Crippen molar-refractivity contribution in [3.63, 3.8) is 0 Å². The molecular weight excluding hydrogens is 361 g/mol. The number of hydrogen-bond donors (Lipinski definition) is 0. The number of rotatable bonds is 2. The van der Waals surface area contributed by atoms with Crippen molar-refractivity contribution in [1.29, 1.82) is 0 Å². The molecule has 0 saturated carbocycles. The van der Waals surface area contributed by atoms with Crippen LogP contribution in [0.4, 0.5) is 13.2 Å². The van der Waals surface area contributed by atoms with Crippen LogP contribution in [0.15, 0.2) is 4.79 Å². The van der Waals surface area contributed by atoms with Gasteiger partial charge in [0.2, 0.25) is 5.82 Å². The van der Waals surface area contributed by atoms with Crippen LogP contribution in [0.3, 0.4) is 0 Å². The predicted molar refractivity (Wildman–Crippen MR) is 81.3 cm³/mol. The minimum Gasteiger partial charge on any atom is -0.338 e. The molecule has 0 N–H and O–H groups in total. The molecule has 0 radical (unpaired) electrons. The molecule has 1 amide bonds. The van der Waals surface area contributed by atoms with Gasteiger partial charge in [-0.25, -0.2) is 9.48 Å². The summed E-state index contributed by atoms with van der Waals surface area (Å²) >= 11 is 1.01. The van der Waals surface area contributed by atoms with Gasteiger partial charge >= 0.3 is 11.9 Å². The minimum absolute atomic E-state index is 0.199. The summed E-state index contributed by atoms with van der Waals surface area (Å²) in [7, 11) is 1.05. The Kier molecular flexibility index (Phi) is 4.39. The Morgan fingerprint density at radius 2 is 1.92 bits per heavy atom. The van der Waals surface area contributed by atoms with Gasteiger partial charge in [0.1, 0.15) is 4.88 Å². The molecule has 1 aliphatic heterocycles. The first-order valence-corrected chi connectivity index (χ1v) is 8.28. The highest BCUT2D eigenvalue weighted by atomic mass is 32.1. The zero-order valence-corrected chi connectivity index (χ0v) is 14.3. The number of halogens is 3. The van der Waals surface area contributed by atoms with Gasteiger partial charge in [-0.2, -0.15) is 13.2 Å². The van der Waals surface area contributed by atoms with Crippen LogP contribution < -0.4 is 5.69 Å². The molecule has 3 heterocycles. The van der Waals surface area contributed by atoms with E-state index in [-0.39, 0.29) is 5.91 Å². The molecule has 136 valence electrons. The maximum atomic E-state index is 12.9. The molecule has 2 aromatic rings. The molecule has 1 fully saturated rings. The molecule has 25 heavy (non-hydrogen) atoms. The highest BCUT2D eigenvalue weighted by molar-refractivity contribution is 7.07. The lowest BCUT2D eigenvalue weighted by molar-refractivity contribution is -0.147. The Morgan fingerprint density at radius 3 is 2.40 bits per heavy atom. The van der Waals surface area contributed by atoms with Crippen LogP contribution in [0.1, 0.15) is 40.1 Å². The predicted octanol–water partition coefficient (Wildman–Crippen LogP) is 1.24. The van der Waals surface area contributed by atoms with E-state index in [0.717, 1.165) is 23.3 Å². The van der Waals surface area contributed by atoms with Gasteiger partial charge in [-0.05, 0) is 31.3 Å². The van der Waals surface area contributed by atoms with Crippen LogP contribution in [0, 0.1) is 6.92 Å². The molecule has 0 aromatic carbocycles. The van der Waals surface area contributed by atoms with Crippen molar-refractivity contribution in [2.24, 2.45) is 7.05 Å². The average molecular weight is 376 g/mol. The van der Waals surface area contributed by atoms with Crippen LogP contribution in [-0.4, -0.2) is 47.8 Å². The van der Waals surface area contributed by atoms with Crippen LogP contribution in [0.5, 0.6) is 0 Å². The third-order valence-electron chi connectivity index (χ3n) is 4.20. The number of likely N-dealkylation sites (tertiary alicyclic amines) is 1. The second-order valence-electron chi connectivity index (χ2n) is 5.82. The van der Waals surface area contributed by atoms with E-state index in [4.69, 9.17) is 0 Å². The van der Waals surface area contributed by atoms with E-state index in [2.05, 4.69) is 14.7 Å². The number of nitrogens with zero attached hydrogens (tertiary/aromatic N) is 6. The summed E-state index contributed by atoms with van der Waals surface area (Å²) < 4.78 is 43.7. The Morgan fingerprint density at radius 1 is 1.28 bits per heavy atom. The quantitative estimate of drug-likeness (QED) is 0.787. The molecule has 3 rings (SSSR count). The highest BCUT2D eigenvalue weighted by Crippen LogP contribution is 2.28. The summed E-state index contributed by atoms with van der Waals surface area (Å²) in [5.41, 5.74) is -0.257. The van der Waals surface area contributed by atoms with E-state index < -0.39 is 23.7 Å². The first-order valence-electron chi connectivity index (χ1n) is 7.51. The zero-order valence-electron chi connectivity index (χ0n) is 13.4. The number of aryl methyl sites for hydroxylation is 1. The molecule has 0 spiro atoms. The summed E-state index contributed by atoms with van der Waals surface area (Å²) in [5.74, 6) is -1.42. The van der Waals surface area contributed by atoms with Crippen LogP contribution >= 0.6 is 11.5 Å². The van der Waals surface area contributed by atoms with Crippen molar-refractivity contribution in [1.82, 2.24) is 28.8 Å².